The SMILES string of the molecule is COC(=O)CC(B1OC(C)(C)C(C)(C)O1)c1cn[nH]c1-c1ccccc1. The van der Waals surface area contributed by atoms with Crippen LogP contribution in [0, 0.1) is 0 Å². The van der Waals surface area contributed by atoms with Crippen molar-refractivity contribution in [1.82, 2.24) is 10.2 Å². The van der Waals surface area contributed by atoms with Crippen LogP contribution in [-0.2, 0) is 18.8 Å². The van der Waals surface area contributed by atoms with E-state index in [-0.39, 0.29) is 18.2 Å². The van der Waals surface area contributed by atoms with Crippen LogP contribution in [-0.4, -0.2) is 41.6 Å². The van der Waals surface area contributed by atoms with Crippen LogP contribution in [0.5, 0.6) is 0 Å². The van der Waals surface area contributed by atoms with Gasteiger partial charge in [0.1, 0.15) is 0 Å². The molecule has 1 N–H and O–H groups in total. The highest BCUT2D eigenvalue weighted by molar-refractivity contribution is 6.48. The van der Waals surface area contributed by atoms with E-state index in [0.717, 1.165) is 16.8 Å². The average Bonchev–Trinajstić information content (AvgIpc) is 3.15. The first-order chi connectivity index (χ1) is 12.2. The Labute approximate surface area is 154 Å². The third-order valence-corrected chi connectivity index (χ3v) is 5.34. The zero-order chi connectivity index (χ0) is 18.9. The van der Waals surface area contributed by atoms with E-state index < -0.39 is 18.3 Å². The lowest BCUT2D eigenvalue weighted by atomic mass is 9.66. The van der Waals surface area contributed by atoms with Gasteiger partial charge in [-0.25, -0.2) is 0 Å². The van der Waals surface area contributed by atoms with Crippen LogP contribution in [0.25, 0.3) is 11.3 Å². The van der Waals surface area contributed by atoms with Gasteiger partial charge in [-0.2, -0.15) is 5.10 Å². The smallest absolute Gasteiger partial charge is 0.466 e. The molecule has 1 aromatic heterocycles. The van der Waals surface area contributed by atoms with Gasteiger partial charge in [0.15, 0.2) is 0 Å². The standard InChI is InChI=1S/C19H25BN2O4/c1-18(2)19(3,4)26-20(25-18)15(11-16(23)24-5)14-12-21-22-17(14)13-9-7-6-8-10-13/h6-10,12,15H,11H2,1-5H3,(H,21,22). The lowest BCUT2D eigenvalue weighted by Gasteiger charge is -2.32. The van der Waals surface area contributed by atoms with Gasteiger partial charge in [-0.1, -0.05) is 30.3 Å². The van der Waals surface area contributed by atoms with Crippen LogP contribution in [0.3, 0.4) is 0 Å². The van der Waals surface area contributed by atoms with Crippen LogP contribution >= 0.6 is 0 Å². The molecule has 1 unspecified atom stereocenters. The van der Waals surface area contributed by atoms with E-state index in [2.05, 4.69) is 10.2 Å². The Balaban J connectivity index is 1.99. The first kappa shape index (κ1) is 18.7. The van der Waals surface area contributed by atoms with Gasteiger partial charge in [0.2, 0.25) is 0 Å². The minimum atomic E-state index is -0.570. The molecular weight excluding hydrogens is 331 g/mol. The summed E-state index contributed by atoms with van der Waals surface area (Å²) in [5.74, 6) is -0.651. The molecule has 1 fully saturated rings. The third-order valence-electron chi connectivity index (χ3n) is 5.34. The van der Waals surface area contributed by atoms with Gasteiger partial charge in [-0.15, -0.1) is 0 Å². The van der Waals surface area contributed by atoms with Crippen LogP contribution in [0.15, 0.2) is 36.5 Å². The van der Waals surface area contributed by atoms with Crippen molar-refractivity contribution in [3.63, 3.8) is 0 Å². The quantitative estimate of drug-likeness (QED) is 0.657. The van der Waals surface area contributed by atoms with E-state index in [4.69, 9.17) is 14.0 Å². The summed E-state index contributed by atoms with van der Waals surface area (Å²) in [5, 5.41) is 7.25. The first-order valence-electron chi connectivity index (χ1n) is 8.76. The molecule has 6 nitrogen and oxygen atoms in total. The van der Waals surface area contributed by atoms with E-state index in [1.807, 2.05) is 58.0 Å². The Kier molecular flexibility index (Phi) is 4.95. The monoisotopic (exact) mass is 356 g/mol. The number of methoxy groups -OCH3 is 1. The highest BCUT2D eigenvalue weighted by atomic mass is 16.7. The van der Waals surface area contributed by atoms with Crippen molar-refractivity contribution in [3.05, 3.63) is 42.1 Å². The van der Waals surface area contributed by atoms with Gasteiger partial charge in [0, 0.05) is 5.82 Å². The minimum absolute atomic E-state index is 0.146. The Morgan fingerprint density at radius 2 is 1.81 bits per heavy atom. The minimum Gasteiger partial charge on any atom is -0.469 e. The molecular formula is C19H25BN2O4. The number of aromatic amines is 1. The van der Waals surface area contributed by atoms with Gasteiger partial charge < -0.3 is 14.0 Å². The van der Waals surface area contributed by atoms with E-state index in [1.165, 1.54) is 7.11 Å². The van der Waals surface area contributed by atoms with Crippen molar-refractivity contribution < 1.29 is 18.8 Å². The fraction of sp³-hybridized carbons (Fsp3) is 0.474. The molecule has 26 heavy (non-hydrogen) atoms. The largest absolute Gasteiger partial charge is 0.469 e. The van der Waals surface area contributed by atoms with Gasteiger partial charge in [0.25, 0.3) is 0 Å². The van der Waals surface area contributed by atoms with E-state index in [1.54, 1.807) is 6.20 Å². The number of H-pyrrole nitrogens is 1. The van der Waals surface area contributed by atoms with Crippen molar-refractivity contribution in [2.75, 3.05) is 7.11 Å². The molecule has 0 spiro atoms. The normalized spacial score (nSPS) is 19.3. The molecule has 1 aliphatic heterocycles. The van der Waals surface area contributed by atoms with E-state index in [0.29, 0.717) is 0 Å². The number of nitrogens with zero attached hydrogens (tertiary/aromatic N) is 1. The molecule has 2 heterocycles. The van der Waals surface area contributed by atoms with Gasteiger partial charge >= 0.3 is 13.1 Å². The maximum atomic E-state index is 12.1. The first-order valence-corrected chi connectivity index (χ1v) is 8.76. The van der Waals surface area contributed by atoms with Crippen LogP contribution in [0.1, 0.15) is 45.5 Å². The third kappa shape index (κ3) is 3.41. The summed E-state index contributed by atoms with van der Waals surface area (Å²) in [6.45, 7) is 7.98. The molecule has 0 aliphatic carbocycles. The summed E-state index contributed by atoms with van der Waals surface area (Å²) in [5.41, 5.74) is 1.76. The topological polar surface area (TPSA) is 73.4 Å². The molecule has 1 saturated heterocycles. The maximum absolute atomic E-state index is 12.1. The number of ether oxygens (including phenoxy) is 1. The molecule has 138 valence electrons. The number of esters is 1. The number of hydrogen-bond acceptors (Lipinski definition) is 5. The predicted molar refractivity (Wildman–Crippen MR) is 99.5 cm³/mol. The second-order valence-electron chi connectivity index (χ2n) is 7.58. The summed E-state index contributed by atoms with van der Waals surface area (Å²) in [6, 6.07) is 9.88. The number of carbonyl (C=O) groups excluding carboxylic acids is 1. The van der Waals surface area contributed by atoms with Crippen molar-refractivity contribution in [2.24, 2.45) is 0 Å². The maximum Gasteiger partial charge on any atom is 0.466 e. The number of nitrogens with one attached hydrogen (secondary N) is 1. The summed E-state index contributed by atoms with van der Waals surface area (Å²) < 4.78 is 17.3. The Morgan fingerprint density at radius 3 is 2.38 bits per heavy atom. The lowest BCUT2D eigenvalue weighted by molar-refractivity contribution is -0.140. The molecule has 7 heteroatoms. The van der Waals surface area contributed by atoms with Gasteiger partial charge in [-0.3, -0.25) is 9.89 Å². The molecule has 1 aromatic carbocycles. The van der Waals surface area contributed by atoms with Gasteiger partial charge in [-0.05, 0) is 38.8 Å². The van der Waals surface area contributed by atoms with Crippen molar-refractivity contribution in [3.8, 4) is 11.3 Å². The molecule has 0 saturated carbocycles. The molecule has 0 bridgehead atoms. The van der Waals surface area contributed by atoms with Crippen molar-refractivity contribution in [1.29, 1.82) is 0 Å². The second-order valence-corrected chi connectivity index (χ2v) is 7.58. The fourth-order valence-corrected chi connectivity index (χ4v) is 3.08. The zero-order valence-electron chi connectivity index (χ0n) is 15.9. The summed E-state index contributed by atoms with van der Waals surface area (Å²) >= 11 is 0. The predicted octanol–water partition coefficient (Wildman–Crippen LogP) is 3.35. The Hall–Kier alpha value is -2.12. The number of aromatic nitrogens is 2. The molecule has 3 rings (SSSR count). The number of rotatable bonds is 5. The average molecular weight is 356 g/mol. The van der Waals surface area contributed by atoms with Crippen molar-refractivity contribution in [2.45, 2.75) is 51.1 Å². The highest BCUT2D eigenvalue weighted by Crippen LogP contribution is 2.43. The lowest BCUT2D eigenvalue weighted by Crippen LogP contribution is -2.41. The Bertz CT molecular complexity index is 757. The van der Waals surface area contributed by atoms with E-state index >= 15 is 0 Å². The molecule has 1 atom stereocenters. The number of hydrogen-bond donors (Lipinski definition) is 1. The van der Waals surface area contributed by atoms with Crippen LogP contribution in [0.4, 0.5) is 0 Å². The molecule has 0 amide bonds. The number of benzene rings is 1. The zero-order valence-corrected chi connectivity index (χ0v) is 15.9. The fourth-order valence-electron chi connectivity index (χ4n) is 3.08. The van der Waals surface area contributed by atoms with Gasteiger partial charge in [0.05, 0.1) is 36.6 Å². The van der Waals surface area contributed by atoms with Crippen molar-refractivity contribution >= 4 is 13.1 Å². The molecule has 2 aromatic rings. The van der Waals surface area contributed by atoms with Crippen LogP contribution in [0.2, 0.25) is 0 Å². The summed E-state index contributed by atoms with van der Waals surface area (Å²) in [7, 11) is 0.816. The van der Waals surface area contributed by atoms with Crippen LogP contribution < -0.4 is 0 Å². The molecule has 0 radical (unpaired) electrons. The second kappa shape index (κ2) is 6.89. The molecule has 1 aliphatic rings. The number of carbonyl (C=O) groups is 1. The Morgan fingerprint density at radius 1 is 1.19 bits per heavy atom. The van der Waals surface area contributed by atoms with E-state index in [9.17, 15) is 4.79 Å². The summed E-state index contributed by atoms with van der Waals surface area (Å²) in [4.78, 5) is 12.1. The highest BCUT2D eigenvalue weighted by Gasteiger charge is 2.54. The summed E-state index contributed by atoms with van der Waals surface area (Å²) in [6.07, 6.45) is 1.88.